The second kappa shape index (κ2) is 4.07. The van der Waals surface area contributed by atoms with E-state index in [1.165, 1.54) is 17.2 Å². The van der Waals surface area contributed by atoms with Crippen LogP contribution in [-0.2, 0) is 4.74 Å². The Labute approximate surface area is 105 Å². The summed E-state index contributed by atoms with van der Waals surface area (Å²) < 4.78 is 6.74. The maximum Gasteiger partial charge on any atom is 0.186 e. The van der Waals surface area contributed by atoms with Crippen LogP contribution in [0.1, 0.15) is 6.23 Å². The molecular formula is C9H10N4O4S. The number of aliphatic hydroxyl groups is 3. The van der Waals surface area contributed by atoms with Gasteiger partial charge in [-0.1, -0.05) is 12.2 Å². The highest BCUT2D eigenvalue weighted by Gasteiger charge is 2.43. The first-order valence-electron chi connectivity index (χ1n) is 5.20. The highest BCUT2D eigenvalue weighted by atomic mass is 32.1. The van der Waals surface area contributed by atoms with E-state index in [-0.39, 0.29) is 0 Å². The van der Waals surface area contributed by atoms with Gasteiger partial charge in [0.2, 0.25) is 0 Å². The van der Waals surface area contributed by atoms with Gasteiger partial charge in [0.1, 0.15) is 22.5 Å². The van der Waals surface area contributed by atoms with Crippen LogP contribution in [0, 0.1) is 4.64 Å². The minimum Gasteiger partial charge on any atom is -0.385 e. The van der Waals surface area contributed by atoms with E-state index in [1.54, 1.807) is 0 Å². The molecule has 4 N–H and O–H groups in total. The second-order valence-corrected chi connectivity index (χ2v) is 4.34. The van der Waals surface area contributed by atoms with E-state index in [0.717, 1.165) is 0 Å². The fourth-order valence-electron chi connectivity index (χ4n) is 1.92. The molecule has 1 fully saturated rings. The third-order valence-corrected chi connectivity index (χ3v) is 3.19. The van der Waals surface area contributed by atoms with Crippen molar-refractivity contribution in [2.45, 2.75) is 24.7 Å². The summed E-state index contributed by atoms with van der Waals surface area (Å²) in [6, 6.07) is 0. The summed E-state index contributed by atoms with van der Waals surface area (Å²) in [5.74, 6) is 0. The molecule has 1 saturated heterocycles. The Hall–Kier alpha value is -1.39. The highest BCUT2D eigenvalue weighted by Crippen LogP contribution is 2.29. The Kier molecular flexibility index (Phi) is 2.64. The first-order chi connectivity index (χ1) is 8.59. The van der Waals surface area contributed by atoms with Crippen molar-refractivity contribution in [2.75, 3.05) is 0 Å². The minimum atomic E-state index is -1.45. The summed E-state index contributed by atoms with van der Waals surface area (Å²) in [7, 11) is 0. The van der Waals surface area contributed by atoms with Gasteiger partial charge in [-0.05, 0) is 0 Å². The van der Waals surface area contributed by atoms with E-state index < -0.39 is 24.7 Å². The van der Waals surface area contributed by atoms with Gasteiger partial charge in [-0.25, -0.2) is 9.67 Å². The lowest BCUT2D eigenvalue weighted by atomic mass is 10.2. The van der Waals surface area contributed by atoms with Gasteiger partial charge in [-0.2, -0.15) is 5.10 Å². The Balaban J connectivity index is 2.11. The van der Waals surface area contributed by atoms with Gasteiger partial charge in [0.15, 0.2) is 12.5 Å². The van der Waals surface area contributed by atoms with Crippen molar-refractivity contribution in [1.82, 2.24) is 19.7 Å². The van der Waals surface area contributed by atoms with Crippen molar-refractivity contribution in [2.24, 2.45) is 0 Å². The van der Waals surface area contributed by atoms with E-state index in [9.17, 15) is 15.3 Å². The summed E-state index contributed by atoms with van der Waals surface area (Å²) in [6.07, 6.45) is -2.21. The Bertz CT molecular complexity index is 641. The molecule has 0 aromatic carbocycles. The molecule has 9 heteroatoms. The Morgan fingerprint density at radius 2 is 2.11 bits per heavy atom. The predicted molar refractivity (Wildman–Crippen MR) is 60.9 cm³/mol. The second-order valence-electron chi connectivity index (χ2n) is 3.96. The standard InChI is InChI=1S/C9H10N4O4S/c14-4-5(15)9(16)17-8(4)13-6-3(1-12-13)7(18)11-2-10-6/h1-2,4-5,8-9,14-16H,(H,10,11,18). The van der Waals surface area contributed by atoms with Crippen molar-refractivity contribution in [3.63, 3.8) is 0 Å². The van der Waals surface area contributed by atoms with Crippen LogP contribution in [0.5, 0.6) is 0 Å². The highest BCUT2D eigenvalue weighted by molar-refractivity contribution is 7.71. The van der Waals surface area contributed by atoms with Crippen LogP contribution < -0.4 is 0 Å². The number of nitrogens with zero attached hydrogens (tertiary/aromatic N) is 3. The lowest BCUT2D eigenvalue weighted by Gasteiger charge is -2.15. The molecule has 4 atom stereocenters. The zero-order valence-corrected chi connectivity index (χ0v) is 9.78. The zero-order valence-electron chi connectivity index (χ0n) is 8.96. The molecule has 3 rings (SSSR count). The molecule has 0 amide bonds. The van der Waals surface area contributed by atoms with Gasteiger partial charge in [-0.15, -0.1) is 0 Å². The van der Waals surface area contributed by atoms with Crippen LogP contribution in [0.25, 0.3) is 11.0 Å². The van der Waals surface area contributed by atoms with Crippen molar-refractivity contribution in [1.29, 1.82) is 0 Å². The Morgan fingerprint density at radius 1 is 1.33 bits per heavy atom. The van der Waals surface area contributed by atoms with Crippen LogP contribution in [0.2, 0.25) is 0 Å². The maximum absolute atomic E-state index is 9.78. The molecule has 2 aromatic heterocycles. The molecule has 4 unspecified atom stereocenters. The molecule has 18 heavy (non-hydrogen) atoms. The number of rotatable bonds is 1. The fourth-order valence-corrected chi connectivity index (χ4v) is 2.12. The summed E-state index contributed by atoms with van der Waals surface area (Å²) in [6.45, 7) is 0. The van der Waals surface area contributed by atoms with Crippen LogP contribution >= 0.6 is 12.2 Å². The number of hydrogen-bond acceptors (Lipinski definition) is 7. The van der Waals surface area contributed by atoms with Crippen molar-refractivity contribution < 1.29 is 20.1 Å². The Morgan fingerprint density at radius 3 is 2.78 bits per heavy atom. The molecule has 2 aromatic rings. The SMILES string of the molecule is OC1OC(n2ncc3c(=S)nc[nH]c32)C(O)C1O. The lowest BCUT2D eigenvalue weighted by molar-refractivity contribution is -0.143. The molecule has 0 spiro atoms. The lowest BCUT2D eigenvalue weighted by Crippen LogP contribution is -2.31. The topological polar surface area (TPSA) is 116 Å². The number of ether oxygens (including phenoxy) is 1. The molecule has 1 aliphatic heterocycles. The molecule has 0 bridgehead atoms. The van der Waals surface area contributed by atoms with Gasteiger partial charge >= 0.3 is 0 Å². The van der Waals surface area contributed by atoms with E-state index >= 15 is 0 Å². The molecule has 3 heterocycles. The zero-order chi connectivity index (χ0) is 12.9. The molecule has 96 valence electrons. The quantitative estimate of drug-likeness (QED) is 0.494. The first-order valence-corrected chi connectivity index (χ1v) is 5.61. The number of fused-ring (bicyclic) bond motifs is 1. The van der Waals surface area contributed by atoms with Crippen molar-refractivity contribution in [3.8, 4) is 0 Å². The van der Waals surface area contributed by atoms with Crippen molar-refractivity contribution in [3.05, 3.63) is 17.2 Å². The van der Waals surface area contributed by atoms with Gasteiger partial charge in [0, 0.05) is 0 Å². The summed E-state index contributed by atoms with van der Waals surface area (Å²) in [5, 5.41) is 33.2. The van der Waals surface area contributed by atoms with E-state index in [2.05, 4.69) is 15.1 Å². The van der Waals surface area contributed by atoms with E-state index in [1.807, 2.05) is 0 Å². The minimum absolute atomic E-state index is 0.364. The molecule has 0 aliphatic carbocycles. The van der Waals surface area contributed by atoms with Crippen LogP contribution in [-0.4, -0.2) is 53.6 Å². The van der Waals surface area contributed by atoms with Crippen LogP contribution in [0.3, 0.4) is 0 Å². The number of aromatic nitrogens is 4. The van der Waals surface area contributed by atoms with Gasteiger partial charge in [-0.3, -0.25) is 0 Å². The van der Waals surface area contributed by atoms with Crippen molar-refractivity contribution >= 4 is 23.3 Å². The first kappa shape index (κ1) is 11.7. The van der Waals surface area contributed by atoms with Crippen LogP contribution in [0.4, 0.5) is 0 Å². The molecule has 0 saturated carbocycles. The number of aliphatic hydroxyl groups excluding tert-OH is 3. The summed E-state index contributed by atoms with van der Waals surface area (Å²) >= 11 is 5.03. The average Bonchev–Trinajstić information content (AvgIpc) is 2.88. The normalized spacial score (nSPS) is 32.2. The number of nitrogens with one attached hydrogen (secondary N) is 1. The largest absolute Gasteiger partial charge is 0.385 e. The number of H-pyrrole nitrogens is 1. The fraction of sp³-hybridized carbons (Fsp3) is 0.444. The van der Waals surface area contributed by atoms with Gasteiger partial charge in [0.25, 0.3) is 0 Å². The van der Waals surface area contributed by atoms with Gasteiger partial charge in [0.05, 0.1) is 17.9 Å². The molecule has 0 radical (unpaired) electrons. The summed E-state index contributed by atoms with van der Waals surface area (Å²) in [5.41, 5.74) is 0.500. The van der Waals surface area contributed by atoms with Crippen LogP contribution in [0.15, 0.2) is 12.5 Å². The maximum atomic E-state index is 9.78. The summed E-state index contributed by atoms with van der Waals surface area (Å²) in [4.78, 5) is 6.74. The van der Waals surface area contributed by atoms with E-state index in [4.69, 9.17) is 17.0 Å². The number of hydrogen-bond donors (Lipinski definition) is 4. The molecule has 8 nitrogen and oxygen atoms in total. The third-order valence-electron chi connectivity index (χ3n) is 2.86. The number of aromatic amines is 1. The third kappa shape index (κ3) is 1.56. The smallest absolute Gasteiger partial charge is 0.186 e. The average molecular weight is 270 g/mol. The van der Waals surface area contributed by atoms with E-state index in [0.29, 0.717) is 15.7 Å². The molecular weight excluding hydrogens is 260 g/mol. The molecule has 1 aliphatic rings. The van der Waals surface area contributed by atoms with Gasteiger partial charge < -0.3 is 25.0 Å². The monoisotopic (exact) mass is 270 g/mol. The predicted octanol–water partition coefficient (Wildman–Crippen LogP) is -0.942.